The van der Waals surface area contributed by atoms with Crippen LogP contribution in [0.5, 0.6) is 5.75 Å². The van der Waals surface area contributed by atoms with E-state index in [4.69, 9.17) is 9.47 Å². The fourth-order valence-electron chi connectivity index (χ4n) is 2.63. The molecule has 0 atom stereocenters. The van der Waals surface area contributed by atoms with Crippen LogP contribution in [-0.4, -0.2) is 19.4 Å². The van der Waals surface area contributed by atoms with Crippen LogP contribution in [0.1, 0.15) is 26.3 Å². The van der Waals surface area contributed by atoms with Crippen molar-refractivity contribution in [1.82, 2.24) is 0 Å². The predicted molar refractivity (Wildman–Crippen MR) is 99.4 cm³/mol. The lowest BCUT2D eigenvalue weighted by Crippen LogP contribution is -2.01. The minimum absolute atomic E-state index is 0.388. The third-order valence-electron chi connectivity index (χ3n) is 3.99. The first-order chi connectivity index (χ1) is 12.7. The molecule has 130 valence electrons. The van der Waals surface area contributed by atoms with Crippen LogP contribution in [0.25, 0.3) is 11.1 Å². The normalized spacial score (nSPS) is 10.2. The first-order valence-electron chi connectivity index (χ1n) is 8.16. The van der Waals surface area contributed by atoms with Crippen molar-refractivity contribution in [3.63, 3.8) is 0 Å². The van der Waals surface area contributed by atoms with Gasteiger partial charge in [-0.2, -0.15) is 0 Å². The van der Waals surface area contributed by atoms with Crippen molar-refractivity contribution in [2.24, 2.45) is 0 Å². The maximum Gasteiger partial charge on any atom is 0.337 e. The maximum absolute atomic E-state index is 11.7. The van der Waals surface area contributed by atoms with Crippen LogP contribution >= 0.6 is 0 Å². The maximum atomic E-state index is 11.7. The summed E-state index contributed by atoms with van der Waals surface area (Å²) in [7, 11) is 1.35. The van der Waals surface area contributed by atoms with Gasteiger partial charge in [0.15, 0.2) is 6.29 Å². The molecular weight excluding hydrogens is 328 g/mol. The fraction of sp³-hybridized carbons (Fsp3) is 0.0909. The predicted octanol–water partition coefficient (Wildman–Crippen LogP) is 4.53. The number of esters is 1. The number of ether oxygens (including phenoxy) is 2. The molecule has 4 heteroatoms. The summed E-state index contributed by atoms with van der Waals surface area (Å²) in [5.74, 6) is 0.127. The Labute approximate surface area is 152 Å². The van der Waals surface area contributed by atoms with E-state index in [-0.39, 0.29) is 0 Å². The molecule has 0 saturated heterocycles. The number of carbonyl (C=O) groups excluding carboxylic acids is 2. The smallest absolute Gasteiger partial charge is 0.337 e. The van der Waals surface area contributed by atoms with Crippen molar-refractivity contribution >= 4 is 12.3 Å². The number of carbonyl (C=O) groups is 2. The van der Waals surface area contributed by atoms with Gasteiger partial charge in [-0.15, -0.1) is 0 Å². The average Bonchev–Trinajstić information content (AvgIpc) is 2.72. The topological polar surface area (TPSA) is 52.6 Å². The van der Waals surface area contributed by atoms with Crippen LogP contribution in [0.2, 0.25) is 0 Å². The summed E-state index contributed by atoms with van der Waals surface area (Å²) in [5.41, 5.74) is 3.60. The summed E-state index contributed by atoms with van der Waals surface area (Å²) in [5, 5.41) is 0. The molecule has 0 heterocycles. The first-order valence-corrected chi connectivity index (χ1v) is 8.16. The molecule has 0 aliphatic heterocycles. The lowest BCUT2D eigenvalue weighted by Gasteiger charge is -2.11. The van der Waals surface area contributed by atoms with Gasteiger partial charge in [0, 0.05) is 0 Å². The molecule has 3 aromatic carbocycles. The minimum Gasteiger partial charge on any atom is -0.488 e. The fourth-order valence-corrected chi connectivity index (χ4v) is 2.63. The molecule has 4 nitrogen and oxygen atoms in total. The Balaban J connectivity index is 1.84. The number of hydrogen-bond donors (Lipinski definition) is 0. The molecule has 0 unspecified atom stereocenters. The number of benzene rings is 3. The van der Waals surface area contributed by atoms with Crippen LogP contribution in [0, 0.1) is 0 Å². The average molecular weight is 346 g/mol. The van der Waals surface area contributed by atoms with Gasteiger partial charge in [0.1, 0.15) is 12.4 Å². The zero-order valence-electron chi connectivity index (χ0n) is 14.3. The van der Waals surface area contributed by atoms with E-state index in [9.17, 15) is 9.59 Å². The van der Waals surface area contributed by atoms with Gasteiger partial charge in [0.05, 0.1) is 18.2 Å². The first kappa shape index (κ1) is 17.4. The Hall–Kier alpha value is -3.40. The third-order valence-corrected chi connectivity index (χ3v) is 3.99. The molecule has 0 saturated carbocycles. The van der Waals surface area contributed by atoms with Crippen molar-refractivity contribution in [2.45, 2.75) is 6.61 Å². The van der Waals surface area contributed by atoms with Crippen LogP contribution < -0.4 is 4.74 Å². The molecule has 0 N–H and O–H groups in total. The number of rotatable bonds is 6. The summed E-state index contributed by atoms with van der Waals surface area (Å²) in [6, 6.07) is 22.2. The highest BCUT2D eigenvalue weighted by Crippen LogP contribution is 2.27. The van der Waals surface area contributed by atoms with Crippen LogP contribution in [0.15, 0.2) is 72.8 Å². The SMILES string of the molecule is COC(=O)c1cccc(-c2ccc(OCc3ccccc3)c(C=O)c2)c1. The van der Waals surface area contributed by atoms with Crippen LogP contribution in [-0.2, 0) is 11.3 Å². The van der Waals surface area contributed by atoms with Crippen molar-refractivity contribution in [3.05, 3.63) is 89.5 Å². The van der Waals surface area contributed by atoms with E-state index < -0.39 is 5.97 Å². The third kappa shape index (κ3) is 3.98. The van der Waals surface area contributed by atoms with Crippen LogP contribution in [0.4, 0.5) is 0 Å². The van der Waals surface area contributed by atoms with E-state index in [0.717, 1.165) is 23.0 Å². The molecule has 0 amide bonds. The van der Waals surface area contributed by atoms with Crippen molar-refractivity contribution in [3.8, 4) is 16.9 Å². The summed E-state index contributed by atoms with van der Waals surface area (Å²) < 4.78 is 10.5. The van der Waals surface area contributed by atoms with Gasteiger partial charge < -0.3 is 9.47 Å². The van der Waals surface area contributed by atoms with E-state index in [1.807, 2.05) is 42.5 Å². The summed E-state index contributed by atoms with van der Waals surface area (Å²) in [6.07, 6.45) is 0.772. The Kier molecular flexibility index (Phi) is 5.44. The molecule has 0 aromatic heterocycles. The molecular formula is C22H18O4. The quantitative estimate of drug-likeness (QED) is 0.486. The molecule has 0 radical (unpaired) electrons. The molecule has 0 bridgehead atoms. The summed E-state index contributed by atoms with van der Waals surface area (Å²) in [4.78, 5) is 23.2. The standard InChI is InChI=1S/C22H18O4/c1-25-22(24)19-9-5-8-17(12-19)18-10-11-21(20(13-18)14-23)26-15-16-6-3-2-4-7-16/h2-14H,15H2,1H3. The van der Waals surface area contributed by atoms with Gasteiger partial charge in [0.2, 0.25) is 0 Å². The van der Waals surface area contributed by atoms with E-state index in [2.05, 4.69) is 0 Å². The van der Waals surface area contributed by atoms with E-state index in [1.165, 1.54) is 7.11 Å². The number of aldehydes is 1. The van der Waals surface area contributed by atoms with Gasteiger partial charge >= 0.3 is 5.97 Å². The largest absolute Gasteiger partial charge is 0.488 e. The summed E-state index contributed by atoms with van der Waals surface area (Å²) >= 11 is 0. The zero-order valence-corrected chi connectivity index (χ0v) is 14.3. The number of methoxy groups -OCH3 is 1. The molecule has 0 aliphatic carbocycles. The highest BCUT2D eigenvalue weighted by molar-refractivity contribution is 5.91. The molecule has 0 spiro atoms. The minimum atomic E-state index is -0.398. The van der Waals surface area contributed by atoms with Gasteiger partial charge in [-0.1, -0.05) is 48.5 Å². The van der Waals surface area contributed by atoms with Crippen molar-refractivity contribution < 1.29 is 19.1 Å². The summed E-state index contributed by atoms with van der Waals surface area (Å²) in [6.45, 7) is 0.388. The lowest BCUT2D eigenvalue weighted by atomic mass is 10.0. The second-order valence-electron chi connectivity index (χ2n) is 5.72. The Bertz CT molecular complexity index is 916. The van der Waals surface area contributed by atoms with Gasteiger partial charge in [0.25, 0.3) is 0 Å². The monoisotopic (exact) mass is 346 g/mol. The van der Waals surface area contributed by atoms with Gasteiger partial charge in [-0.05, 0) is 41.0 Å². The van der Waals surface area contributed by atoms with E-state index >= 15 is 0 Å². The molecule has 3 aromatic rings. The van der Waals surface area contributed by atoms with Crippen molar-refractivity contribution in [1.29, 1.82) is 0 Å². The van der Waals surface area contributed by atoms with E-state index in [1.54, 1.807) is 30.3 Å². The molecule has 0 fully saturated rings. The molecule has 0 aliphatic rings. The van der Waals surface area contributed by atoms with Gasteiger partial charge in [-0.3, -0.25) is 4.79 Å². The lowest BCUT2D eigenvalue weighted by molar-refractivity contribution is 0.0600. The van der Waals surface area contributed by atoms with E-state index in [0.29, 0.717) is 23.5 Å². The van der Waals surface area contributed by atoms with Gasteiger partial charge in [-0.25, -0.2) is 4.79 Å². The second-order valence-corrected chi connectivity index (χ2v) is 5.72. The Morgan fingerprint density at radius 2 is 1.69 bits per heavy atom. The zero-order chi connectivity index (χ0) is 18.4. The van der Waals surface area contributed by atoms with Crippen molar-refractivity contribution in [2.75, 3.05) is 7.11 Å². The second kappa shape index (κ2) is 8.12. The number of hydrogen-bond acceptors (Lipinski definition) is 4. The highest BCUT2D eigenvalue weighted by Gasteiger charge is 2.10. The Morgan fingerprint density at radius 3 is 2.42 bits per heavy atom. The molecule has 3 rings (SSSR count). The highest BCUT2D eigenvalue weighted by atomic mass is 16.5. The van der Waals surface area contributed by atoms with Crippen LogP contribution in [0.3, 0.4) is 0 Å². The Morgan fingerprint density at radius 1 is 0.923 bits per heavy atom. The molecule has 26 heavy (non-hydrogen) atoms.